The van der Waals surface area contributed by atoms with Gasteiger partial charge in [-0.15, -0.1) is 0 Å². The van der Waals surface area contributed by atoms with Gasteiger partial charge < -0.3 is 10.2 Å². The predicted molar refractivity (Wildman–Crippen MR) is 81.4 cm³/mol. The summed E-state index contributed by atoms with van der Waals surface area (Å²) in [4.78, 5) is 2.82. The van der Waals surface area contributed by atoms with E-state index in [9.17, 15) is 0 Å². The molecule has 2 heteroatoms. The molecule has 0 aromatic carbocycles. The molecule has 1 aliphatic heterocycles. The van der Waals surface area contributed by atoms with Gasteiger partial charge in [-0.2, -0.15) is 0 Å². The topological polar surface area (TPSA) is 15.3 Å². The van der Waals surface area contributed by atoms with E-state index < -0.39 is 0 Å². The summed E-state index contributed by atoms with van der Waals surface area (Å²) >= 11 is 0. The maximum Gasteiger partial charge on any atom is 0.0308 e. The lowest BCUT2D eigenvalue weighted by Gasteiger charge is -2.40. The molecule has 2 nitrogen and oxygen atoms in total. The molecule has 0 aromatic rings. The van der Waals surface area contributed by atoms with E-state index in [1.165, 1.54) is 84.0 Å². The first-order valence-electron chi connectivity index (χ1n) is 8.75. The number of hydrogen-bond acceptors (Lipinski definition) is 2. The molecule has 1 N–H and O–H groups in total. The lowest BCUT2D eigenvalue weighted by molar-refractivity contribution is 0.141. The highest BCUT2D eigenvalue weighted by Crippen LogP contribution is 2.34. The molecule has 2 aliphatic carbocycles. The largest absolute Gasteiger partial charge is 0.310 e. The van der Waals surface area contributed by atoms with Crippen molar-refractivity contribution in [2.45, 2.75) is 70.3 Å². The molecule has 0 radical (unpaired) electrons. The average Bonchev–Trinajstić information content (AvgIpc) is 2.71. The average molecular weight is 264 g/mol. The van der Waals surface area contributed by atoms with Gasteiger partial charge in [0.1, 0.15) is 0 Å². The lowest BCUT2D eigenvalue weighted by Crippen LogP contribution is -2.53. The molecule has 3 aliphatic rings. The highest BCUT2D eigenvalue weighted by atomic mass is 15.2. The Kier molecular flexibility index (Phi) is 4.48. The lowest BCUT2D eigenvalue weighted by atomic mass is 9.81. The normalized spacial score (nSPS) is 36.5. The third-order valence-electron chi connectivity index (χ3n) is 6.02. The Bertz CT molecular complexity index is 283. The number of rotatable bonds is 2. The zero-order valence-electron chi connectivity index (χ0n) is 12.8. The first-order valence-corrected chi connectivity index (χ1v) is 8.75. The Labute approximate surface area is 119 Å². The van der Waals surface area contributed by atoms with Crippen molar-refractivity contribution >= 4 is 0 Å². The molecule has 19 heavy (non-hydrogen) atoms. The minimum atomic E-state index is 0.483. The quantitative estimate of drug-likeness (QED) is 0.822. The third-order valence-corrected chi connectivity index (χ3v) is 6.02. The van der Waals surface area contributed by atoms with Crippen molar-refractivity contribution in [1.29, 1.82) is 0 Å². The molecule has 1 spiro atoms. The van der Waals surface area contributed by atoms with Gasteiger partial charge in [-0.05, 0) is 50.6 Å². The summed E-state index contributed by atoms with van der Waals surface area (Å²) in [6, 6.07) is 0. The van der Waals surface area contributed by atoms with Crippen LogP contribution < -0.4 is 5.32 Å². The van der Waals surface area contributed by atoms with Crippen molar-refractivity contribution < 1.29 is 0 Å². The van der Waals surface area contributed by atoms with Crippen molar-refractivity contribution in [2.75, 3.05) is 26.2 Å². The molecule has 2 atom stereocenters. The van der Waals surface area contributed by atoms with Gasteiger partial charge in [0.05, 0.1) is 0 Å². The number of nitrogens with one attached hydrogen (secondary N) is 1. The van der Waals surface area contributed by atoms with E-state index in [2.05, 4.69) is 17.1 Å². The Hall–Kier alpha value is -0.0800. The first-order chi connectivity index (χ1) is 9.27. The molecule has 3 rings (SSSR count). The monoisotopic (exact) mass is 264 g/mol. The van der Waals surface area contributed by atoms with Crippen molar-refractivity contribution in [1.82, 2.24) is 10.2 Å². The van der Waals surface area contributed by atoms with Gasteiger partial charge in [-0.25, -0.2) is 0 Å². The molecule has 0 aromatic heterocycles. The van der Waals surface area contributed by atoms with Gasteiger partial charge >= 0.3 is 0 Å². The fraction of sp³-hybridized carbons (Fsp3) is 1.00. The number of nitrogens with zero attached hydrogens (tertiary/aromatic N) is 1. The van der Waals surface area contributed by atoms with E-state index in [1.807, 2.05) is 0 Å². The molecule has 1 heterocycles. The van der Waals surface area contributed by atoms with Crippen LogP contribution in [0, 0.1) is 11.8 Å². The molecule has 0 bridgehead atoms. The van der Waals surface area contributed by atoms with E-state index in [-0.39, 0.29) is 0 Å². The van der Waals surface area contributed by atoms with Crippen LogP contribution >= 0.6 is 0 Å². The van der Waals surface area contributed by atoms with E-state index in [4.69, 9.17) is 0 Å². The highest BCUT2D eigenvalue weighted by Gasteiger charge is 2.36. The molecule has 110 valence electrons. The molecular weight excluding hydrogens is 232 g/mol. The van der Waals surface area contributed by atoms with E-state index in [0.29, 0.717) is 5.54 Å². The summed E-state index contributed by atoms with van der Waals surface area (Å²) in [5.41, 5.74) is 0.483. The standard InChI is InChI=1S/C17H32N2/c1-15-7-5-8-16(15)13-19-12-6-11-18-17(14-19)9-3-2-4-10-17/h15-16,18H,2-14H2,1H3. The SMILES string of the molecule is CC1CCCC1CN1CCCNC2(CCCCC2)C1. The van der Waals surface area contributed by atoms with E-state index in [1.54, 1.807) is 0 Å². The van der Waals surface area contributed by atoms with E-state index in [0.717, 1.165) is 11.8 Å². The first kappa shape index (κ1) is 13.9. The van der Waals surface area contributed by atoms with Crippen LogP contribution in [0.4, 0.5) is 0 Å². The maximum absolute atomic E-state index is 3.92. The van der Waals surface area contributed by atoms with Crippen LogP contribution in [0.25, 0.3) is 0 Å². The van der Waals surface area contributed by atoms with Gasteiger partial charge in [0.2, 0.25) is 0 Å². The fourth-order valence-corrected chi connectivity index (χ4v) is 4.76. The minimum Gasteiger partial charge on any atom is -0.310 e. The summed E-state index contributed by atoms with van der Waals surface area (Å²) in [6.45, 7) is 7.76. The second kappa shape index (κ2) is 6.13. The van der Waals surface area contributed by atoms with Gasteiger partial charge in [-0.1, -0.05) is 39.0 Å². The third kappa shape index (κ3) is 3.33. The Morgan fingerprint density at radius 1 is 1.05 bits per heavy atom. The summed E-state index contributed by atoms with van der Waals surface area (Å²) in [7, 11) is 0. The van der Waals surface area contributed by atoms with Crippen LogP contribution in [0.3, 0.4) is 0 Å². The van der Waals surface area contributed by atoms with Crippen LogP contribution in [-0.4, -0.2) is 36.6 Å². The zero-order chi connectivity index (χ0) is 13.1. The van der Waals surface area contributed by atoms with Crippen molar-refractivity contribution in [3.63, 3.8) is 0 Å². The van der Waals surface area contributed by atoms with Crippen molar-refractivity contribution in [2.24, 2.45) is 11.8 Å². The smallest absolute Gasteiger partial charge is 0.0308 e. The van der Waals surface area contributed by atoms with Gasteiger partial charge in [-0.3, -0.25) is 0 Å². The van der Waals surface area contributed by atoms with Crippen molar-refractivity contribution in [3.05, 3.63) is 0 Å². The minimum absolute atomic E-state index is 0.483. The second-order valence-electron chi connectivity index (χ2n) is 7.52. The molecule has 2 unspecified atom stereocenters. The Morgan fingerprint density at radius 3 is 2.63 bits per heavy atom. The molecule has 2 saturated carbocycles. The maximum atomic E-state index is 3.92. The zero-order valence-corrected chi connectivity index (χ0v) is 12.8. The molecule has 0 amide bonds. The van der Waals surface area contributed by atoms with Crippen LogP contribution in [0.5, 0.6) is 0 Å². The summed E-state index contributed by atoms with van der Waals surface area (Å²) < 4.78 is 0. The van der Waals surface area contributed by atoms with Gasteiger partial charge in [0.15, 0.2) is 0 Å². The number of hydrogen-bond donors (Lipinski definition) is 1. The van der Waals surface area contributed by atoms with Crippen molar-refractivity contribution in [3.8, 4) is 0 Å². The highest BCUT2D eigenvalue weighted by molar-refractivity contribution is 4.96. The Morgan fingerprint density at radius 2 is 1.89 bits per heavy atom. The van der Waals surface area contributed by atoms with Crippen LogP contribution in [0.1, 0.15) is 64.7 Å². The van der Waals surface area contributed by atoms with Gasteiger partial charge in [0, 0.05) is 18.6 Å². The van der Waals surface area contributed by atoms with Crippen LogP contribution in [0.2, 0.25) is 0 Å². The summed E-state index contributed by atoms with van der Waals surface area (Å²) in [5, 5.41) is 3.92. The molecule has 3 fully saturated rings. The second-order valence-corrected chi connectivity index (χ2v) is 7.52. The van der Waals surface area contributed by atoms with Crippen LogP contribution in [0.15, 0.2) is 0 Å². The van der Waals surface area contributed by atoms with Gasteiger partial charge in [0.25, 0.3) is 0 Å². The molecular formula is C17H32N2. The van der Waals surface area contributed by atoms with E-state index >= 15 is 0 Å². The predicted octanol–water partition coefficient (Wildman–Crippen LogP) is 3.42. The summed E-state index contributed by atoms with van der Waals surface area (Å²) in [5.74, 6) is 1.96. The summed E-state index contributed by atoms with van der Waals surface area (Å²) in [6.07, 6.45) is 13.0. The Balaban J connectivity index is 1.60. The fourth-order valence-electron chi connectivity index (χ4n) is 4.76. The molecule has 1 saturated heterocycles. The van der Waals surface area contributed by atoms with Crippen LogP contribution in [-0.2, 0) is 0 Å².